The molecule has 1 aliphatic heterocycles. The number of rotatable bonds is 0. The van der Waals surface area contributed by atoms with Crippen LogP contribution in [0.2, 0.25) is 0 Å². The maximum atomic E-state index is 10.4. The molecule has 2 N–H and O–H groups in total. The molecular formula is C5H10ClN3O. The lowest BCUT2D eigenvalue weighted by atomic mass is 10.6. The standard InChI is InChI=1S/C4H7N3O.CH3Cl/c1-7-2-3(8)6-4(7)5;1-2/h2H2,1H3,(H2,5,6,8);1H3. The second kappa shape index (κ2) is 4.11. The fraction of sp³-hybridized carbons (Fsp3) is 0.600. The lowest BCUT2D eigenvalue weighted by molar-refractivity contribution is -0.116. The molecule has 1 aliphatic rings. The number of hydrogen-bond donors (Lipinski definition) is 1. The van der Waals surface area contributed by atoms with Crippen LogP contribution in [0.5, 0.6) is 0 Å². The molecule has 0 saturated carbocycles. The number of likely N-dealkylation sites (N-methyl/N-ethyl adjacent to an activating group) is 1. The minimum absolute atomic E-state index is 0.162. The number of nitrogens with zero attached hydrogens (tertiary/aromatic N) is 2. The Labute approximate surface area is 64.7 Å². The molecule has 0 aromatic heterocycles. The van der Waals surface area contributed by atoms with Gasteiger partial charge in [0.25, 0.3) is 5.91 Å². The first-order valence-electron chi connectivity index (χ1n) is 2.66. The van der Waals surface area contributed by atoms with Gasteiger partial charge in [-0.25, -0.2) is 0 Å². The second-order valence-corrected chi connectivity index (χ2v) is 1.72. The summed E-state index contributed by atoms with van der Waals surface area (Å²) >= 11 is 4.64. The summed E-state index contributed by atoms with van der Waals surface area (Å²) < 4.78 is 0. The van der Waals surface area contributed by atoms with E-state index in [2.05, 4.69) is 16.6 Å². The molecule has 0 saturated heterocycles. The third-order valence-corrected chi connectivity index (χ3v) is 1.00. The van der Waals surface area contributed by atoms with Crippen molar-refractivity contribution in [2.45, 2.75) is 0 Å². The van der Waals surface area contributed by atoms with E-state index in [-0.39, 0.29) is 5.91 Å². The number of guanidine groups is 1. The van der Waals surface area contributed by atoms with Gasteiger partial charge in [-0.15, -0.1) is 11.6 Å². The molecule has 1 amide bonds. The molecule has 0 unspecified atom stereocenters. The van der Waals surface area contributed by atoms with E-state index < -0.39 is 0 Å². The van der Waals surface area contributed by atoms with E-state index in [0.717, 1.165) is 0 Å². The smallest absolute Gasteiger partial charge is 0.268 e. The molecule has 0 bridgehead atoms. The van der Waals surface area contributed by atoms with Gasteiger partial charge in [0, 0.05) is 13.4 Å². The van der Waals surface area contributed by atoms with Crippen LogP contribution >= 0.6 is 11.6 Å². The van der Waals surface area contributed by atoms with E-state index in [1.165, 1.54) is 6.38 Å². The van der Waals surface area contributed by atoms with Gasteiger partial charge in [0.05, 0.1) is 0 Å². The quantitative estimate of drug-likeness (QED) is 0.496. The Morgan fingerprint density at radius 1 is 1.70 bits per heavy atom. The third-order valence-electron chi connectivity index (χ3n) is 1.00. The Kier molecular flexibility index (Phi) is 3.79. The molecule has 0 aliphatic carbocycles. The number of alkyl halides is 1. The molecule has 0 fully saturated rings. The molecule has 0 atom stereocenters. The van der Waals surface area contributed by atoms with Crippen LogP contribution in [-0.4, -0.2) is 36.7 Å². The van der Waals surface area contributed by atoms with E-state index in [9.17, 15) is 4.79 Å². The predicted molar refractivity (Wildman–Crippen MR) is 41.0 cm³/mol. The SMILES string of the molecule is CCl.CN1CC(=O)N=C1N. The lowest BCUT2D eigenvalue weighted by Crippen LogP contribution is -2.29. The van der Waals surface area contributed by atoms with Crippen molar-refractivity contribution in [3.8, 4) is 0 Å². The Hall–Kier alpha value is -0.770. The summed E-state index contributed by atoms with van der Waals surface area (Å²) in [6, 6.07) is 0. The maximum Gasteiger partial charge on any atom is 0.268 e. The van der Waals surface area contributed by atoms with Crippen LogP contribution in [-0.2, 0) is 4.79 Å². The van der Waals surface area contributed by atoms with Crippen LogP contribution in [0.1, 0.15) is 0 Å². The monoisotopic (exact) mass is 163 g/mol. The van der Waals surface area contributed by atoms with Crippen molar-refractivity contribution in [2.24, 2.45) is 10.7 Å². The third kappa shape index (κ3) is 2.23. The first kappa shape index (κ1) is 9.23. The Morgan fingerprint density at radius 3 is 2.30 bits per heavy atom. The van der Waals surface area contributed by atoms with Gasteiger partial charge in [-0.05, 0) is 0 Å². The van der Waals surface area contributed by atoms with Gasteiger partial charge in [0.1, 0.15) is 6.54 Å². The summed E-state index contributed by atoms with van der Waals surface area (Å²) in [7, 11) is 1.73. The highest BCUT2D eigenvalue weighted by atomic mass is 35.5. The van der Waals surface area contributed by atoms with Gasteiger partial charge in [0.2, 0.25) is 0 Å². The van der Waals surface area contributed by atoms with Crippen LogP contribution < -0.4 is 5.73 Å². The molecule has 10 heavy (non-hydrogen) atoms. The molecule has 58 valence electrons. The van der Waals surface area contributed by atoms with Crippen LogP contribution in [0.15, 0.2) is 4.99 Å². The Bertz CT molecular complexity index is 157. The second-order valence-electron chi connectivity index (χ2n) is 1.72. The van der Waals surface area contributed by atoms with Crippen molar-refractivity contribution in [1.29, 1.82) is 0 Å². The van der Waals surface area contributed by atoms with E-state index in [0.29, 0.717) is 12.5 Å². The molecular weight excluding hydrogens is 154 g/mol. The topological polar surface area (TPSA) is 58.7 Å². The molecule has 1 heterocycles. The van der Waals surface area contributed by atoms with Gasteiger partial charge in [-0.1, -0.05) is 0 Å². The minimum atomic E-state index is -0.162. The number of aliphatic imine (C=N–C) groups is 1. The highest BCUT2D eigenvalue weighted by Crippen LogP contribution is 1.92. The fourth-order valence-electron chi connectivity index (χ4n) is 0.532. The average molecular weight is 164 g/mol. The van der Waals surface area contributed by atoms with Crippen LogP contribution in [0.3, 0.4) is 0 Å². The van der Waals surface area contributed by atoms with Crippen LogP contribution in [0, 0.1) is 0 Å². The summed E-state index contributed by atoms with van der Waals surface area (Å²) in [5.74, 6) is 0.153. The number of nitrogens with two attached hydrogens (primary N) is 1. The van der Waals surface area contributed by atoms with E-state index in [1.807, 2.05) is 0 Å². The normalized spacial score (nSPS) is 16.1. The van der Waals surface area contributed by atoms with Crippen LogP contribution in [0.4, 0.5) is 0 Å². The van der Waals surface area contributed by atoms with Gasteiger partial charge < -0.3 is 10.6 Å². The Morgan fingerprint density at radius 2 is 2.20 bits per heavy atom. The molecule has 0 aromatic carbocycles. The predicted octanol–water partition coefficient (Wildman–Crippen LogP) is -0.372. The number of hydrogen-bond acceptors (Lipinski definition) is 3. The molecule has 0 aromatic rings. The van der Waals surface area contributed by atoms with Crippen molar-refractivity contribution in [3.05, 3.63) is 0 Å². The van der Waals surface area contributed by atoms with E-state index in [4.69, 9.17) is 5.73 Å². The van der Waals surface area contributed by atoms with Crippen molar-refractivity contribution in [2.75, 3.05) is 20.0 Å². The zero-order chi connectivity index (χ0) is 8.15. The fourth-order valence-corrected chi connectivity index (χ4v) is 0.532. The van der Waals surface area contributed by atoms with E-state index >= 15 is 0 Å². The molecule has 1 rings (SSSR count). The van der Waals surface area contributed by atoms with Crippen molar-refractivity contribution in [1.82, 2.24) is 4.90 Å². The summed E-state index contributed by atoms with van der Waals surface area (Å²) in [5.41, 5.74) is 5.22. The summed E-state index contributed by atoms with van der Waals surface area (Å²) in [6.45, 7) is 0.325. The van der Waals surface area contributed by atoms with Crippen molar-refractivity contribution < 1.29 is 4.79 Å². The van der Waals surface area contributed by atoms with Gasteiger partial charge in [-0.2, -0.15) is 4.99 Å². The molecule has 0 radical (unpaired) electrons. The maximum absolute atomic E-state index is 10.4. The summed E-state index contributed by atoms with van der Waals surface area (Å²) in [6.07, 6.45) is 1.47. The highest BCUT2D eigenvalue weighted by Gasteiger charge is 2.15. The summed E-state index contributed by atoms with van der Waals surface area (Å²) in [5, 5.41) is 0. The van der Waals surface area contributed by atoms with Gasteiger partial charge >= 0.3 is 0 Å². The van der Waals surface area contributed by atoms with Gasteiger partial charge in [-0.3, -0.25) is 4.79 Å². The van der Waals surface area contributed by atoms with Crippen molar-refractivity contribution in [3.63, 3.8) is 0 Å². The first-order valence-corrected chi connectivity index (χ1v) is 3.41. The zero-order valence-corrected chi connectivity index (χ0v) is 6.72. The van der Waals surface area contributed by atoms with Crippen molar-refractivity contribution >= 4 is 23.5 Å². The Balaban J connectivity index is 0.000000371. The molecule has 5 heteroatoms. The molecule has 4 nitrogen and oxygen atoms in total. The number of amides is 1. The highest BCUT2D eigenvalue weighted by molar-refractivity contribution is 6.15. The van der Waals surface area contributed by atoms with E-state index in [1.54, 1.807) is 11.9 Å². The average Bonchev–Trinajstić information content (AvgIpc) is 2.16. The first-order chi connectivity index (χ1) is 4.70. The minimum Gasteiger partial charge on any atom is -0.369 e. The number of carbonyl (C=O) groups is 1. The number of halogens is 1. The largest absolute Gasteiger partial charge is 0.369 e. The summed E-state index contributed by atoms with van der Waals surface area (Å²) in [4.78, 5) is 15.4. The number of carbonyl (C=O) groups excluding carboxylic acids is 1. The molecule has 0 spiro atoms. The lowest BCUT2D eigenvalue weighted by Gasteiger charge is -2.05. The zero-order valence-electron chi connectivity index (χ0n) is 5.97. The van der Waals surface area contributed by atoms with Crippen LogP contribution in [0.25, 0.3) is 0 Å². The van der Waals surface area contributed by atoms with Gasteiger partial charge in [0.15, 0.2) is 5.96 Å².